The molecule has 0 aliphatic rings. The lowest BCUT2D eigenvalue weighted by atomic mass is 10.1. The van der Waals surface area contributed by atoms with Gasteiger partial charge < -0.3 is 27.4 Å². The van der Waals surface area contributed by atoms with Crippen molar-refractivity contribution in [2.75, 3.05) is 19.7 Å². The van der Waals surface area contributed by atoms with Gasteiger partial charge in [0.25, 0.3) is 0 Å². The molecule has 0 aliphatic carbocycles. The number of rotatable bonds is 14. The van der Waals surface area contributed by atoms with Crippen LogP contribution >= 0.6 is 0 Å². The third-order valence-corrected chi connectivity index (χ3v) is 3.57. The molecular formula is C16H32N6O5. The van der Waals surface area contributed by atoms with Crippen LogP contribution in [-0.4, -0.2) is 55.4 Å². The highest BCUT2D eigenvalue weighted by molar-refractivity contribution is 5.89. The Labute approximate surface area is 159 Å². The standard InChI is InChI=1S/C16H32N6O5/c1-10(2)7-13(23)21-8-11(17)16(26)22-12(15(18)25)5-3-4-6-20-14(24)9-27-19/h10-12H,3-9,17,19H2,1-2H3,(H2,18,25)(H,20,24)(H,21,23)(H,22,26)/t11-,12-/m0/s1. The van der Waals surface area contributed by atoms with Crippen molar-refractivity contribution in [1.29, 1.82) is 0 Å². The summed E-state index contributed by atoms with van der Waals surface area (Å²) >= 11 is 0. The second-order valence-electron chi connectivity index (χ2n) is 6.63. The smallest absolute Gasteiger partial charge is 0.248 e. The van der Waals surface area contributed by atoms with Gasteiger partial charge in [-0.1, -0.05) is 13.8 Å². The van der Waals surface area contributed by atoms with Gasteiger partial charge in [0.1, 0.15) is 18.7 Å². The second-order valence-corrected chi connectivity index (χ2v) is 6.63. The van der Waals surface area contributed by atoms with Crippen molar-refractivity contribution in [2.24, 2.45) is 23.3 Å². The summed E-state index contributed by atoms with van der Waals surface area (Å²) in [6.07, 6.45) is 1.76. The summed E-state index contributed by atoms with van der Waals surface area (Å²) in [5, 5.41) is 7.64. The average Bonchev–Trinajstić information content (AvgIpc) is 2.57. The molecule has 0 aromatic carbocycles. The Bertz CT molecular complexity index is 500. The number of carbonyl (C=O) groups is 4. The van der Waals surface area contributed by atoms with E-state index in [2.05, 4.69) is 20.8 Å². The van der Waals surface area contributed by atoms with E-state index in [1.54, 1.807) is 0 Å². The summed E-state index contributed by atoms with van der Waals surface area (Å²) in [4.78, 5) is 50.5. The second kappa shape index (κ2) is 13.9. The van der Waals surface area contributed by atoms with Crippen molar-refractivity contribution in [3.8, 4) is 0 Å². The highest BCUT2D eigenvalue weighted by atomic mass is 16.6. The molecule has 0 spiro atoms. The topological polar surface area (TPSA) is 192 Å². The van der Waals surface area contributed by atoms with Gasteiger partial charge in [0.15, 0.2) is 0 Å². The minimum Gasteiger partial charge on any atom is -0.368 e. The Morgan fingerprint density at radius 1 is 1.04 bits per heavy atom. The maximum Gasteiger partial charge on any atom is 0.248 e. The SMILES string of the molecule is CC(C)CC(=O)NC[C@H](N)C(=O)N[C@@H](CCCCNC(=O)CON)C(N)=O. The van der Waals surface area contributed by atoms with Crippen molar-refractivity contribution in [1.82, 2.24) is 16.0 Å². The van der Waals surface area contributed by atoms with Crippen molar-refractivity contribution in [3.05, 3.63) is 0 Å². The van der Waals surface area contributed by atoms with Crippen molar-refractivity contribution < 1.29 is 24.0 Å². The molecule has 0 rings (SSSR count). The van der Waals surface area contributed by atoms with Gasteiger partial charge in [0.05, 0.1) is 0 Å². The number of primary amides is 1. The Morgan fingerprint density at radius 2 is 1.70 bits per heavy atom. The third-order valence-electron chi connectivity index (χ3n) is 3.57. The van der Waals surface area contributed by atoms with E-state index in [1.165, 1.54) is 0 Å². The van der Waals surface area contributed by atoms with Gasteiger partial charge in [0.2, 0.25) is 23.6 Å². The number of nitrogens with two attached hydrogens (primary N) is 3. The molecule has 0 fully saturated rings. The van der Waals surface area contributed by atoms with E-state index in [0.29, 0.717) is 32.2 Å². The molecule has 0 bridgehead atoms. The first kappa shape index (κ1) is 24.8. The number of hydrogen-bond acceptors (Lipinski definition) is 7. The van der Waals surface area contributed by atoms with Crippen LogP contribution < -0.4 is 33.3 Å². The van der Waals surface area contributed by atoms with Gasteiger partial charge in [-0.15, -0.1) is 0 Å². The van der Waals surface area contributed by atoms with Crippen LogP contribution in [0.25, 0.3) is 0 Å². The predicted octanol–water partition coefficient (Wildman–Crippen LogP) is -2.38. The molecule has 27 heavy (non-hydrogen) atoms. The molecule has 0 unspecified atom stereocenters. The van der Waals surface area contributed by atoms with Crippen LogP contribution in [0.15, 0.2) is 0 Å². The molecule has 11 nitrogen and oxygen atoms in total. The summed E-state index contributed by atoms with van der Waals surface area (Å²) in [5.41, 5.74) is 11.0. The first-order valence-corrected chi connectivity index (χ1v) is 8.87. The van der Waals surface area contributed by atoms with E-state index >= 15 is 0 Å². The van der Waals surface area contributed by atoms with Crippen LogP contribution in [0.2, 0.25) is 0 Å². The Balaban J connectivity index is 4.20. The first-order chi connectivity index (χ1) is 12.7. The molecule has 156 valence electrons. The molecule has 11 heteroatoms. The third kappa shape index (κ3) is 12.7. The largest absolute Gasteiger partial charge is 0.368 e. The molecule has 0 heterocycles. The van der Waals surface area contributed by atoms with Crippen LogP contribution in [0.4, 0.5) is 0 Å². The normalized spacial score (nSPS) is 12.9. The Morgan fingerprint density at radius 3 is 2.26 bits per heavy atom. The van der Waals surface area contributed by atoms with E-state index in [9.17, 15) is 19.2 Å². The van der Waals surface area contributed by atoms with Crippen molar-refractivity contribution in [2.45, 2.75) is 51.6 Å². The maximum absolute atomic E-state index is 12.1. The van der Waals surface area contributed by atoms with Gasteiger partial charge in [-0.25, -0.2) is 5.90 Å². The minimum atomic E-state index is -0.987. The van der Waals surface area contributed by atoms with Crippen LogP contribution in [0, 0.1) is 5.92 Å². The van der Waals surface area contributed by atoms with E-state index < -0.39 is 23.9 Å². The molecule has 0 aromatic rings. The summed E-state index contributed by atoms with van der Waals surface area (Å²) in [7, 11) is 0. The van der Waals surface area contributed by atoms with Crippen LogP contribution in [0.1, 0.15) is 39.5 Å². The van der Waals surface area contributed by atoms with E-state index in [0.717, 1.165) is 0 Å². The zero-order chi connectivity index (χ0) is 20.8. The van der Waals surface area contributed by atoms with Gasteiger partial charge >= 0.3 is 0 Å². The van der Waals surface area contributed by atoms with E-state index in [1.807, 2.05) is 13.8 Å². The van der Waals surface area contributed by atoms with Crippen LogP contribution in [0.3, 0.4) is 0 Å². The van der Waals surface area contributed by atoms with Crippen LogP contribution in [0.5, 0.6) is 0 Å². The monoisotopic (exact) mass is 388 g/mol. The minimum absolute atomic E-state index is 0.0296. The van der Waals surface area contributed by atoms with Gasteiger partial charge in [0, 0.05) is 19.5 Å². The summed E-state index contributed by atoms with van der Waals surface area (Å²) in [6.45, 7) is 3.93. The lowest BCUT2D eigenvalue weighted by molar-refractivity contribution is -0.128. The quantitative estimate of drug-likeness (QED) is 0.141. The molecule has 4 amide bonds. The number of nitrogens with one attached hydrogen (secondary N) is 3. The summed E-state index contributed by atoms with van der Waals surface area (Å²) in [6, 6.07) is -1.86. The molecule has 0 aromatic heterocycles. The van der Waals surface area contributed by atoms with Gasteiger partial charge in [-0.3, -0.25) is 24.0 Å². The van der Waals surface area contributed by atoms with E-state index in [4.69, 9.17) is 17.4 Å². The van der Waals surface area contributed by atoms with Gasteiger partial charge in [-0.05, 0) is 25.2 Å². The molecule has 0 saturated carbocycles. The zero-order valence-electron chi connectivity index (χ0n) is 16.0. The molecular weight excluding hydrogens is 356 g/mol. The van der Waals surface area contributed by atoms with Crippen molar-refractivity contribution in [3.63, 3.8) is 0 Å². The fourth-order valence-corrected chi connectivity index (χ4v) is 2.15. The predicted molar refractivity (Wildman–Crippen MR) is 98.6 cm³/mol. The lowest BCUT2D eigenvalue weighted by Gasteiger charge is -2.19. The number of hydrogen-bond donors (Lipinski definition) is 6. The fourth-order valence-electron chi connectivity index (χ4n) is 2.15. The molecule has 0 aliphatic heterocycles. The molecule has 2 atom stereocenters. The number of carbonyl (C=O) groups excluding carboxylic acids is 4. The van der Waals surface area contributed by atoms with Crippen LogP contribution in [-0.2, 0) is 24.0 Å². The average molecular weight is 388 g/mol. The lowest BCUT2D eigenvalue weighted by Crippen LogP contribution is -2.53. The number of amides is 4. The Hall–Kier alpha value is -2.24. The number of unbranched alkanes of at least 4 members (excludes halogenated alkanes) is 1. The van der Waals surface area contributed by atoms with Gasteiger partial charge in [-0.2, -0.15) is 0 Å². The molecule has 0 saturated heterocycles. The first-order valence-electron chi connectivity index (χ1n) is 8.87. The highest BCUT2D eigenvalue weighted by Crippen LogP contribution is 2.01. The summed E-state index contributed by atoms with van der Waals surface area (Å²) < 4.78 is 0. The summed E-state index contributed by atoms with van der Waals surface area (Å²) in [5.74, 6) is 3.18. The Kier molecular flexibility index (Phi) is 12.7. The zero-order valence-corrected chi connectivity index (χ0v) is 16.0. The molecule has 0 radical (unpaired) electrons. The van der Waals surface area contributed by atoms with Crippen molar-refractivity contribution >= 4 is 23.6 Å². The maximum atomic E-state index is 12.1. The fraction of sp³-hybridized carbons (Fsp3) is 0.750. The van der Waals surface area contributed by atoms with E-state index in [-0.39, 0.29) is 30.9 Å². The highest BCUT2D eigenvalue weighted by Gasteiger charge is 2.22. The molecule has 9 N–H and O–H groups in total.